The highest BCUT2D eigenvalue weighted by atomic mass is 35.5. The zero-order chi connectivity index (χ0) is 16.8. The largest absolute Gasteiger partial charge is 0.323 e. The SMILES string of the molecule is Cc1cc2nc3c4ccccc4n(CCN(C)C)c3nc2cc1C.Cl. The number of likely N-dealkylation sites (N-methyl/N-ethyl adjacent to an activating group) is 1. The summed E-state index contributed by atoms with van der Waals surface area (Å²) in [7, 11) is 4.20. The molecule has 25 heavy (non-hydrogen) atoms. The zero-order valence-corrected chi connectivity index (χ0v) is 15.9. The maximum absolute atomic E-state index is 4.98. The highest BCUT2D eigenvalue weighted by Gasteiger charge is 2.14. The minimum absolute atomic E-state index is 0. The highest BCUT2D eigenvalue weighted by Crippen LogP contribution is 2.28. The van der Waals surface area contributed by atoms with Crippen molar-refractivity contribution in [3.63, 3.8) is 0 Å². The van der Waals surface area contributed by atoms with Gasteiger partial charge in [-0.3, -0.25) is 0 Å². The van der Waals surface area contributed by atoms with Crippen LogP contribution in [0.4, 0.5) is 0 Å². The molecular formula is C20H23ClN4. The lowest BCUT2D eigenvalue weighted by Crippen LogP contribution is -2.18. The van der Waals surface area contributed by atoms with E-state index in [1.54, 1.807) is 0 Å². The van der Waals surface area contributed by atoms with Crippen LogP contribution in [0.3, 0.4) is 0 Å². The smallest absolute Gasteiger partial charge is 0.160 e. The first-order valence-corrected chi connectivity index (χ1v) is 8.35. The molecule has 0 spiro atoms. The molecule has 0 N–H and O–H groups in total. The van der Waals surface area contributed by atoms with E-state index in [0.717, 1.165) is 35.3 Å². The average Bonchev–Trinajstić information content (AvgIpc) is 2.85. The summed E-state index contributed by atoms with van der Waals surface area (Å²) in [4.78, 5) is 12.1. The van der Waals surface area contributed by atoms with Gasteiger partial charge in [0.05, 0.1) is 16.6 Å². The van der Waals surface area contributed by atoms with E-state index in [4.69, 9.17) is 9.97 Å². The van der Waals surface area contributed by atoms with Gasteiger partial charge in [-0.05, 0) is 57.3 Å². The maximum atomic E-state index is 4.98. The lowest BCUT2D eigenvalue weighted by molar-refractivity contribution is 0.389. The van der Waals surface area contributed by atoms with Gasteiger partial charge in [0.2, 0.25) is 0 Å². The van der Waals surface area contributed by atoms with Crippen LogP contribution in [-0.2, 0) is 6.54 Å². The van der Waals surface area contributed by atoms with Crippen LogP contribution in [0.1, 0.15) is 11.1 Å². The van der Waals surface area contributed by atoms with Crippen molar-refractivity contribution in [3.05, 3.63) is 47.5 Å². The summed E-state index contributed by atoms with van der Waals surface area (Å²) in [5, 5.41) is 1.18. The van der Waals surface area contributed by atoms with Crippen LogP contribution in [0.15, 0.2) is 36.4 Å². The summed E-state index contributed by atoms with van der Waals surface area (Å²) in [6.07, 6.45) is 0. The van der Waals surface area contributed by atoms with Gasteiger partial charge in [-0.1, -0.05) is 18.2 Å². The third kappa shape index (κ3) is 2.96. The van der Waals surface area contributed by atoms with Crippen molar-refractivity contribution in [2.45, 2.75) is 20.4 Å². The van der Waals surface area contributed by atoms with E-state index in [0.29, 0.717) is 0 Å². The molecule has 0 radical (unpaired) electrons. The topological polar surface area (TPSA) is 34.0 Å². The van der Waals surface area contributed by atoms with Crippen molar-refractivity contribution < 1.29 is 0 Å². The molecule has 0 aliphatic rings. The Bertz CT molecular complexity index is 1070. The van der Waals surface area contributed by atoms with E-state index in [-0.39, 0.29) is 12.4 Å². The van der Waals surface area contributed by atoms with Crippen molar-refractivity contribution >= 4 is 45.5 Å². The molecule has 0 saturated carbocycles. The predicted molar refractivity (Wildman–Crippen MR) is 108 cm³/mol. The Hall–Kier alpha value is -2.17. The number of nitrogens with zero attached hydrogens (tertiary/aromatic N) is 4. The number of hydrogen-bond donors (Lipinski definition) is 0. The van der Waals surface area contributed by atoms with Gasteiger partial charge in [0.1, 0.15) is 5.52 Å². The van der Waals surface area contributed by atoms with E-state index in [1.807, 2.05) is 0 Å². The number of halogens is 1. The molecular weight excluding hydrogens is 332 g/mol. The molecule has 0 bridgehead atoms. The standard InChI is InChI=1S/C20H22N4.ClH/c1-13-11-16-17(12-14(13)2)22-20-19(21-16)15-7-5-6-8-18(15)24(20)10-9-23(3)4;/h5-8,11-12H,9-10H2,1-4H3;1H. The second-order valence-electron chi connectivity index (χ2n) is 6.79. The number of para-hydroxylation sites is 1. The summed E-state index contributed by atoms with van der Waals surface area (Å²) in [6, 6.07) is 12.8. The molecule has 0 saturated heterocycles. The van der Waals surface area contributed by atoms with Crippen molar-refractivity contribution in [1.82, 2.24) is 19.4 Å². The van der Waals surface area contributed by atoms with E-state index in [2.05, 4.69) is 73.8 Å². The van der Waals surface area contributed by atoms with Crippen molar-refractivity contribution in [3.8, 4) is 0 Å². The number of hydrogen-bond acceptors (Lipinski definition) is 3. The molecule has 2 aromatic heterocycles. The molecule has 4 aromatic rings. The summed E-state index contributed by atoms with van der Waals surface area (Å²) < 4.78 is 2.30. The van der Waals surface area contributed by atoms with Gasteiger partial charge in [-0.25, -0.2) is 9.97 Å². The predicted octanol–water partition coefficient (Wildman–Crippen LogP) is 4.34. The van der Waals surface area contributed by atoms with Crippen LogP contribution in [0.5, 0.6) is 0 Å². The summed E-state index contributed by atoms with van der Waals surface area (Å²) in [6.45, 7) is 6.13. The van der Waals surface area contributed by atoms with Crippen molar-refractivity contribution in [2.75, 3.05) is 20.6 Å². The molecule has 4 rings (SSSR count). The monoisotopic (exact) mass is 354 g/mol. The third-order valence-corrected chi connectivity index (χ3v) is 4.74. The van der Waals surface area contributed by atoms with Crippen LogP contribution in [0, 0.1) is 13.8 Å². The van der Waals surface area contributed by atoms with Crippen LogP contribution in [0.25, 0.3) is 33.1 Å². The van der Waals surface area contributed by atoms with E-state index >= 15 is 0 Å². The Morgan fingerprint density at radius 1 is 0.960 bits per heavy atom. The van der Waals surface area contributed by atoms with Crippen LogP contribution in [0.2, 0.25) is 0 Å². The molecule has 0 atom stereocenters. The van der Waals surface area contributed by atoms with Crippen molar-refractivity contribution in [1.29, 1.82) is 0 Å². The zero-order valence-electron chi connectivity index (χ0n) is 15.1. The van der Waals surface area contributed by atoms with Gasteiger partial charge in [0, 0.05) is 18.5 Å². The van der Waals surface area contributed by atoms with Gasteiger partial charge >= 0.3 is 0 Å². The fourth-order valence-electron chi connectivity index (χ4n) is 3.22. The van der Waals surface area contributed by atoms with Gasteiger partial charge in [-0.2, -0.15) is 0 Å². The average molecular weight is 355 g/mol. The molecule has 0 aliphatic carbocycles. The third-order valence-electron chi connectivity index (χ3n) is 4.74. The van der Waals surface area contributed by atoms with Gasteiger partial charge < -0.3 is 9.47 Å². The quantitative estimate of drug-likeness (QED) is 0.549. The fourth-order valence-corrected chi connectivity index (χ4v) is 3.22. The number of benzene rings is 2. The fraction of sp³-hybridized carbons (Fsp3) is 0.300. The number of fused-ring (bicyclic) bond motifs is 4. The Morgan fingerprint density at radius 2 is 1.60 bits per heavy atom. The Balaban J connectivity index is 0.00000182. The lowest BCUT2D eigenvalue weighted by atomic mass is 10.1. The number of aromatic nitrogens is 3. The number of aryl methyl sites for hydroxylation is 2. The molecule has 5 heteroatoms. The molecule has 0 aliphatic heterocycles. The summed E-state index contributed by atoms with van der Waals surface area (Å²) >= 11 is 0. The second-order valence-corrected chi connectivity index (χ2v) is 6.79. The second kappa shape index (κ2) is 6.62. The van der Waals surface area contributed by atoms with Gasteiger partial charge in [0.15, 0.2) is 5.65 Å². The van der Waals surface area contributed by atoms with Gasteiger partial charge in [0.25, 0.3) is 0 Å². The Morgan fingerprint density at radius 3 is 2.28 bits per heavy atom. The Kier molecular flexibility index (Phi) is 4.67. The molecule has 2 heterocycles. The maximum Gasteiger partial charge on any atom is 0.160 e. The molecule has 4 nitrogen and oxygen atoms in total. The Labute approximate surface area is 153 Å². The van der Waals surface area contributed by atoms with Crippen LogP contribution < -0.4 is 0 Å². The minimum atomic E-state index is 0. The van der Waals surface area contributed by atoms with Crippen LogP contribution in [-0.4, -0.2) is 40.1 Å². The first-order chi connectivity index (χ1) is 11.5. The van der Waals surface area contributed by atoms with Crippen LogP contribution >= 0.6 is 12.4 Å². The molecule has 0 fully saturated rings. The van der Waals surface area contributed by atoms with Crippen molar-refractivity contribution in [2.24, 2.45) is 0 Å². The minimum Gasteiger partial charge on any atom is -0.323 e. The lowest BCUT2D eigenvalue weighted by Gasteiger charge is -2.12. The first kappa shape index (κ1) is 17.6. The molecule has 130 valence electrons. The first-order valence-electron chi connectivity index (χ1n) is 8.35. The van der Waals surface area contributed by atoms with Gasteiger partial charge in [-0.15, -0.1) is 12.4 Å². The summed E-state index contributed by atoms with van der Waals surface area (Å²) in [5.74, 6) is 0. The molecule has 2 aromatic carbocycles. The number of rotatable bonds is 3. The summed E-state index contributed by atoms with van der Waals surface area (Å²) in [5.41, 5.74) is 7.65. The van der Waals surface area contributed by atoms with E-state index < -0.39 is 0 Å². The van der Waals surface area contributed by atoms with E-state index in [1.165, 1.54) is 22.0 Å². The highest BCUT2D eigenvalue weighted by molar-refractivity contribution is 6.06. The molecule has 0 amide bonds. The molecule has 0 unspecified atom stereocenters. The normalized spacial score (nSPS) is 11.6. The van der Waals surface area contributed by atoms with E-state index in [9.17, 15) is 0 Å².